The molecule has 1 aliphatic heterocycles. The molecular weight excluding hydrogens is 367 g/mol. The van der Waals surface area contributed by atoms with Crippen molar-refractivity contribution in [1.29, 1.82) is 0 Å². The largest absolute Gasteiger partial charge is 0.495 e. The number of hydrogen-bond donors (Lipinski definition) is 0. The van der Waals surface area contributed by atoms with Crippen molar-refractivity contribution in [3.05, 3.63) is 27.8 Å². The summed E-state index contributed by atoms with van der Waals surface area (Å²) in [4.78, 5) is 12.6. The van der Waals surface area contributed by atoms with Crippen LogP contribution in [0.1, 0.15) is 60.3 Å². The summed E-state index contributed by atoms with van der Waals surface area (Å²) in [6.45, 7) is 20.6. The highest BCUT2D eigenvalue weighted by Gasteiger charge is 2.53. The quantitative estimate of drug-likeness (QED) is 0.429. The second-order valence-electron chi connectivity index (χ2n) is 9.62. The third-order valence-electron chi connectivity index (χ3n) is 5.75. The maximum atomic E-state index is 12.6. The molecule has 1 saturated heterocycles. The van der Waals surface area contributed by atoms with Gasteiger partial charge in [-0.05, 0) is 70.6 Å². The average Bonchev–Trinajstić information content (AvgIpc) is 2.73. The van der Waals surface area contributed by atoms with Crippen molar-refractivity contribution in [2.75, 3.05) is 7.11 Å². The fraction of sp³-hybridized carbons (Fsp3) is 0.591. The summed E-state index contributed by atoms with van der Waals surface area (Å²) in [5, 5.41) is 0. The van der Waals surface area contributed by atoms with Crippen LogP contribution in [0.2, 0.25) is 19.6 Å². The van der Waals surface area contributed by atoms with E-state index in [2.05, 4.69) is 31.1 Å². The molecule has 152 valence electrons. The second-order valence-corrected chi connectivity index (χ2v) is 14.4. The first kappa shape index (κ1) is 22.7. The highest BCUT2D eigenvalue weighted by Crippen LogP contribution is 2.37. The molecule has 1 aromatic carbocycles. The monoisotopic (exact) mass is 400 g/mol. The van der Waals surface area contributed by atoms with E-state index in [0.717, 1.165) is 27.7 Å². The van der Waals surface area contributed by atoms with E-state index >= 15 is 0 Å². The van der Waals surface area contributed by atoms with Crippen molar-refractivity contribution in [2.24, 2.45) is 0 Å². The van der Waals surface area contributed by atoms with Crippen LogP contribution in [0.5, 0.6) is 0 Å². The van der Waals surface area contributed by atoms with Gasteiger partial charge >= 0.3 is 13.1 Å². The van der Waals surface area contributed by atoms with Gasteiger partial charge in [-0.3, -0.25) is 0 Å². The minimum Gasteiger partial charge on any atom is -0.465 e. The Labute approximate surface area is 171 Å². The van der Waals surface area contributed by atoms with Gasteiger partial charge in [0.25, 0.3) is 0 Å². The molecule has 0 atom stereocenters. The maximum absolute atomic E-state index is 12.6. The van der Waals surface area contributed by atoms with E-state index in [9.17, 15) is 4.79 Å². The number of carbonyl (C=O) groups excluding carboxylic acids is 1. The van der Waals surface area contributed by atoms with E-state index in [4.69, 9.17) is 14.0 Å². The van der Waals surface area contributed by atoms with Gasteiger partial charge in [0.15, 0.2) is 0 Å². The summed E-state index contributed by atoms with van der Waals surface area (Å²) >= 11 is 0. The van der Waals surface area contributed by atoms with E-state index in [0.29, 0.717) is 5.56 Å². The van der Waals surface area contributed by atoms with Crippen LogP contribution in [0.25, 0.3) is 0 Å². The molecule has 0 aliphatic carbocycles. The van der Waals surface area contributed by atoms with Crippen LogP contribution in [0.4, 0.5) is 0 Å². The number of hydrogen-bond acceptors (Lipinski definition) is 4. The van der Waals surface area contributed by atoms with Gasteiger partial charge in [0, 0.05) is 5.56 Å². The number of rotatable bonds is 2. The number of esters is 1. The molecular formula is C22H33BO4Si. The summed E-state index contributed by atoms with van der Waals surface area (Å²) in [6, 6.07) is 0. The summed E-state index contributed by atoms with van der Waals surface area (Å²) in [5.41, 5.74) is 7.51. The Balaban J connectivity index is 2.79. The first-order valence-corrected chi connectivity index (χ1v) is 13.2. The molecule has 6 heteroatoms. The predicted molar refractivity (Wildman–Crippen MR) is 118 cm³/mol. The summed E-state index contributed by atoms with van der Waals surface area (Å²) in [5.74, 6) is 3.01. The topological polar surface area (TPSA) is 44.8 Å². The second kappa shape index (κ2) is 7.37. The van der Waals surface area contributed by atoms with Gasteiger partial charge in [-0.2, -0.15) is 0 Å². The summed E-state index contributed by atoms with van der Waals surface area (Å²) in [6.07, 6.45) is 0. The standard InChI is InChI=1S/C22H33BO4Si/c1-14-17(12-13-28(9,10)11)15(2)19(16(3)18(14)20(24)25-8)23-26-21(4,5)22(6,7)27-23/h1-11H3. The Morgan fingerprint density at radius 1 is 0.964 bits per heavy atom. The molecule has 0 bridgehead atoms. The van der Waals surface area contributed by atoms with Gasteiger partial charge in [0.2, 0.25) is 0 Å². The molecule has 0 amide bonds. The lowest BCUT2D eigenvalue weighted by molar-refractivity contribution is 0.00578. The number of ether oxygens (including phenoxy) is 1. The van der Waals surface area contributed by atoms with Crippen LogP contribution in [-0.2, 0) is 14.0 Å². The van der Waals surface area contributed by atoms with Crippen LogP contribution in [-0.4, -0.2) is 39.5 Å². The Hall–Kier alpha value is -1.55. The van der Waals surface area contributed by atoms with Crippen molar-refractivity contribution in [3.8, 4) is 11.5 Å². The van der Waals surface area contributed by atoms with Crippen molar-refractivity contribution >= 4 is 26.6 Å². The van der Waals surface area contributed by atoms with Crippen molar-refractivity contribution in [3.63, 3.8) is 0 Å². The van der Waals surface area contributed by atoms with Crippen molar-refractivity contribution in [2.45, 2.75) is 79.3 Å². The molecule has 0 N–H and O–H groups in total. The summed E-state index contributed by atoms with van der Waals surface area (Å²) < 4.78 is 17.7. The highest BCUT2D eigenvalue weighted by atomic mass is 28.3. The van der Waals surface area contributed by atoms with Gasteiger partial charge in [0.05, 0.1) is 23.9 Å². The molecule has 0 aromatic heterocycles. The number of carbonyl (C=O) groups is 1. The summed E-state index contributed by atoms with van der Waals surface area (Å²) in [7, 11) is -0.736. The van der Waals surface area contributed by atoms with Gasteiger partial charge in [-0.25, -0.2) is 4.79 Å². The first-order valence-electron chi connectivity index (χ1n) is 9.73. The molecule has 1 aromatic rings. The van der Waals surface area contributed by atoms with E-state index in [1.54, 1.807) is 0 Å². The zero-order valence-corrected chi connectivity index (χ0v) is 20.2. The maximum Gasteiger partial charge on any atom is 0.495 e. The molecule has 0 saturated carbocycles. The minimum absolute atomic E-state index is 0.358. The van der Waals surface area contributed by atoms with E-state index in [-0.39, 0.29) is 5.97 Å². The normalized spacial score (nSPS) is 17.9. The lowest BCUT2D eigenvalue weighted by Crippen LogP contribution is -2.41. The SMILES string of the molecule is COC(=O)c1c(C)c(C#C[Si](C)(C)C)c(C)c(B2OC(C)(C)C(C)(C)O2)c1C. The third-order valence-corrected chi connectivity index (χ3v) is 6.62. The zero-order valence-electron chi connectivity index (χ0n) is 19.2. The first-order chi connectivity index (χ1) is 12.6. The number of methoxy groups -OCH3 is 1. The average molecular weight is 400 g/mol. The lowest BCUT2D eigenvalue weighted by Gasteiger charge is -2.32. The molecule has 1 heterocycles. The van der Waals surface area contributed by atoms with Gasteiger partial charge < -0.3 is 14.0 Å². The van der Waals surface area contributed by atoms with E-state index in [1.807, 2.05) is 48.5 Å². The third kappa shape index (κ3) is 4.07. The smallest absolute Gasteiger partial charge is 0.465 e. The predicted octanol–water partition coefficient (Wildman–Crippen LogP) is 3.93. The van der Waals surface area contributed by atoms with Crippen LogP contribution in [0.3, 0.4) is 0 Å². The molecule has 2 rings (SSSR count). The minimum atomic E-state index is -1.59. The molecule has 4 nitrogen and oxygen atoms in total. The highest BCUT2D eigenvalue weighted by molar-refractivity contribution is 6.83. The number of benzene rings is 1. The Morgan fingerprint density at radius 3 is 1.89 bits per heavy atom. The lowest BCUT2D eigenvalue weighted by atomic mass is 9.70. The molecule has 0 spiro atoms. The molecule has 0 unspecified atom stereocenters. The van der Waals surface area contributed by atoms with Crippen LogP contribution in [0, 0.1) is 32.2 Å². The van der Waals surface area contributed by atoms with E-state index < -0.39 is 26.4 Å². The van der Waals surface area contributed by atoms with Gasteiger partial charge in [-0.1, -0.05) is 25.6 Å². The Morgan fingerprint density at radius 2 is 1.46 bits per heavy atom. The molecule has 1 fully saturated rings. The van der Waals surface area contributed by atoms with Crippen molar-refractivity contribution < 1.29 is 18.8 Å². The van der Waals surface area contributed by atoms with Crippen LogP contribution < -0.4 is 5.46 Å². The Kier molecular flexibility index (Phi) is 5.98. The molecule has 1 aliphatic rings. The van der Waals surface area contributed by atoms with Crippen molar-refractivity contribution in [1.82, 2.24) is 0 Å². The Bertz CT molecular complexity index is 853. The van der Waals surface area contributed by atoms with E-state index in [1.165, 1.54) is 7.11 Å². The molecule has 0 radical (unpaired) electrons. The molecule has 28 heavy (non-hydrogen) atoms. The van der Waals surface area contributed by atoms with Gasteiger partial charge in [0.1, 0.15) is 8.07 Å². The van der Waals surface area contributed by atoms with Gasteiger partial charge in [-0.15, -0.1) is 5.54 Å². The fourth-order valence-corrected chi connectivity index (χ4v) is 3.90. The zero-order chi connectivity index (χ0) is 21.7. The van der Waals surface area contributed by atoms with Crippen LogP contribution >= 0.6 is 0 Å². The fourth-order valence-electron chi connectivity index (χ4n) is 3.40. The van der Waals surface area contributed by atoms with Crippen LogP contribution in [0.15, 0.2) is 0 Å².